The normalized spacial score (nSPS) is 12.7. The first-order chi connectivity index (χ1) is 11.3. The highest BCUT2D eigenvalue weighted by Gasteiger charge is 2.33. The lowest BCUT2D eigenvalue weighted by Gasteiger charge is -2.24. The number of nitrogens with zero attached hydrogens (tertiary/aromatic N) is 3. The van der Waals surface area contributed by atoms with Gasteiger partial charge in [-0.05, 0) is 32.0 Å². The topological polar surface area (TPSA) is 46.1 Å². The first-order valence-corrected chi connectivity index (χ1v) is 8.14. The molecule has 2 rings (SSSR count). The van der Waals surface area contributed by atoms with E-state index in [1.54, 1.807) is 24.0 Å². The van der Waals surface area contributed by atoms with Crippen molar-refractivity contribution in [2.24, 2.45) is 0 Å². The third-order valence-corrected chi connectivity index (χ3v) is 4.17. The van der Waals surface area contributed by atoms with E-state index in [1.165, 1.54) is 0 Å². The van der Waals surface area contributed by atoms with Gasteiger partial charge < -0.3 is 4.90 Å². The van der Waals surface area contributed by atoms with E-state index in [2.05, 4.69) is 9.97 Å². The Morgan fingerprint density at radius 1 is 1.25 bits per heavy atom. The van der Waals surface area contributed by atoms with Crippen molar-refractivity contribution in [3.8, 4) is 0 Å². The van der Waals surface area contributed by atoms with Gasteiger partial charge in [0, 0.05) is 18.4 Å². The number of aromatic nitrogens is 2. The Morgan fingerprint density at radius 2 is 1.92 bits per heavy atom. The average molecular weight is 355 g/mol. The summed E-state index contributed by atoms with van der Waals surface area (Å²) in [6.45, 7) is 3.92. The molecule has 0 fully saturated rings. The zero-order valence-electron chi connectivity index (χ0n) is 13.1. The second-order valence-corrected chi connectivity index (χ2v) is 6.21. The van der Waals surface area contributed by atoms with Crippen molar-refractivity contribution >= 4 is 23.4 Å². The van der Waals surface area contributed by atoms with E-state index in [1.807, 2.05) is 25.1 Å². The van der Waals surface area contributed by atoms with E-state index in [9.17, 15) is 18.0 Å². The molecule has 128 valence electrons. The maximum absolute atomic E-state index is 12.7. The monoisotopic (exact) mass is 355 g/mol. The minimum Gasteiger partial charge on any atom is -0.312 e. The molecule has 1 aromatic heterocycles. The van der Waals surface area contributed by atoms with E-state index in [0.717, 1.165) is 29.7 Å². The highest BCUT2D eigenvalue weighted by molar-refractivity contribution is 8.00. The van der Waals surface area contributed by atoms with Crippen LogP contribution in [0.1, 0.15) is 19.5 Å². The molecule has 1 unspecified atom stereocenters. The number of rotatable bonds is 5. The van der Waals surface area contributed by atoms with Gasteiger partial charge in [-0.2, -0.15) is 13.2 Å². The zero-order chi connectivity index (χ0) is 17.7. The van der Waals surface area contributed by atoms with Crippen LogP contribution in [0.15, 0.2) is 47.8 Å². The number of benzene rings is 1. The molecule has 0 radical (unpaired) electrons. The fraction of sp³-hybridized carbons (Fsp3) is 0.312. The smallest absolute Gasteiger partial charge is 0.312 e. The molecule has 0 aliphatic heterocycles. The average Bonchev–Trinajstić information content (AvgIpc) is 2.56. The first-order valence-electron chi connectivity index (χ1n) is 7.26. The summed E-state index contributed by atoms with van der Waals surface area (Å²) >= 11 is 0.907. The fourth-order valence-corrected chi connectivity index (χ4v) is 2.87. The van der Waals surface area contributed by atoms with Gasteiger partial charge in [0.2, 0.25) is 5.91 Å². The fourth-order valence-electron chi connectivity index (χ4n) is 2.06. The van der Waals surface area contributed by atoms with Crippen LogP contribution in [0.2, 0.25) is 0 Å². The summed E-state index contributed by atoms with van der Waals surface area (Å²) in [5.41, 5.74) is -0.280. The molecule has 1 heterocycles. The molecule has 0 N–H and O–H groups in total. The van der Waals surface area contributed by atoms with Crippen molar-refractivity contribution in [3.63, 3.8) is 0 Å². The number of carbonyl (C=O) groups is 1. The SMILES string of the molecule is CCN(C(=O)C(C)Sc1nccc(C(F)(F)F)n1)c1ccccc1. The Morgan fingerprint density at radius 3 is 2.50 bits per heavy atom. The lowest BCUT2D eigenvalue weighted by atomic mass is 10.2. The maximum Gasteiger partial charge on any atom is 0.433 e. The van der Waals surface area contributed by atoms with Crippen LogP contribution in [0.4, 0.5) is 18.9 Å². The maximum atomic E-state index is 12.7. The number of anilines is 1. The van der Waals surface area contributed by atoms with Crippen molar-refractivity contribution in [3.05, 3.63) is 48.3 Å². The highest BCUT2D eigenvalue weighted by Crippen LogP contribution is 2.30. The minimum absolute atomic E-state index is 0.0743. The van der Waals surface area contributed by atoms with E-state index in [-0.39, 0.29) is 11.1 Å². The molecular weight excluding hydrogens is 339 g/mol. The van der Waals surface area contributed by atoms with Crippen molar-refractivity contribution in [2.45, 2.75) is 30.4 Å². The van der Waals surface area contributed by atoms with Gasteiger partial charge in [0.25, 0.3) is 0 Å². The van der Waals surface area contributed by atoms with E-state index in [4.69, 9.17) is 0 Å². The molecule has 0 spiro atoms. The van der Waals surface area contributed by atoms with Crippen LogP contribution in [0.3, 0.4) is 0 Å². The largest absolute Gasteiger partial charge is 0.433 e. The molecule has 8 heteroatoms. The quantitative estimate of drug-likeness (QED) is 0.600. The lowest BCUT2D eigenvalue weighted by molar-refractivity contribution is -0.141. The molecule has 1 aromatic carbocycles. The van der Waals surface area contributed by atoms with Crippen LogP contribution in [0, 0.1) is 0 Å². The van der Waals surface area contributed by atoms with Crippen molar-refractivity contribution in [1.29, 1.82) is 0 Å². The third kappa shape index (κ3) is 4.47. The van der Waals surface area contributed by atoms with Crippen LogP contribution in [0.5, 0.6) is 0 Å². The third-order valence-electron chi connectivity index (χ3n) is 3.20. The number of halogens is 3. The Labute approximate surface area is 142 Å². The number of hydrogen-bond donors (Lipinski definition) is 0. The molecule has 0 bridgehead atoms. The van der Waals surface area contributed by atoms with Gasteiger partial charge in [-0.15, -0.1) is 0 Å². The standard InChI is InChI=1S/C16H16F3N3OS/c1-3-22(12-7-5-4-6-8-12)14(23)11(2)24-15-20-10-9-13(21-15)16(17,18)19/h4-11H,3H2,1-2H3. The summed E-state index contributed by atoms with van der Waals surface area (Å²) in [5, 5.41) is -0.691. The molecule has 0 saturated heterocycles. The van der Waals surface area contributed by atoms with Crippen molar-refractivity contribution < 1.29 is 18.0 Å². The number of para-hydroxylation sites is 1. The van der Waals surface area contributed by atoms with Gasteiger partial charge in [-0.3, -0.25) is 4.79 Å². The Hall–Kier alpha value is -2.09. The zero-order valence-corrected chi connectivity index (χ0v) is 13.9. The van der Waals surface area contributed by atoms with Gasteiger partial charge in [0.15, 0.2) is 5.16 Å². The molecule has 24 heavy (non-hydrogen) atoms. The molecule has 4 nitrogen and oxygen atoms in total. The summed E-state index contributed by atoms with van der Waals surface area (Å²) in [6, 6.07) is 9.90. The Kier molecular flexibility index (Phi) is 5.82. The Bertz CT molecular complexity index is 694. The summed E-state index contributed by atoms with van der Waals surface area (Å²) in [7, 11) is 0. The lowest BCUT2D eigenvalue weighted by Crippen LogP contribution is -2.36. The number of thioether (sulfide) groups is 1. The van der Waals surface area contributed by atoms with Gasteiger partial charge in [0.1, 0.15) is 5.69 Å². The molecule has 2 aromatic rings. The van der Waals surface area contributed by atoms with Crippen LogP contribution in [0.25, 0.3) is 0 Å². The van der Waals surface area contributed by atoms with Crippen LogP contribution < -0.4 is 4.90 Å². The van der Waals surface area contributed by atoms with Crippen molar-refractivity contribution in [2.75, 3.05) is 11.4 Å². The number of hydrogen-bond acceptors (Lipinski definition) is 4. The Balaban J connectivity index is 2.14. The van der Waals surface area contributed by atoms with Gasteiger partial charge in [0.05, 0.1) is 5.25 Å². The van der Waals surface area contributed by atoms with Crippen LogP contribution >= 0.6 is 11.8 Å². The second kappa shape index (κ2) is 7.65. The van der Waals surface area contributed by atoms with Gasteiger partial charge >= 0.3 is 6.18 Å². The van der Waals surface area contributed by atoms with Crippen LogP contribution in [-0.4, -0.2) is 27.7 Å². The second-order valence-electron chi connectivity index (χ2n) is 4.90. The van der Waals surface area contributed by atoms with E-state index in [0.29, 0.717) is 6.54 Å². The molecule has 0 aliphatic carbocycles. The summed E-state index contributed by atoms with van der Waals surface area (Å²) < 4.78 is 38.1. The summed E-state index contributed by atoms with van der Waals surface area (Å²) in [5.74, 6) is -0.213. The molecular formula is C16H16F3N3OS. The van der Waals surface area contributed by atoms with E-state index >= 15 is 0 Å². The summed E-state index contributed by atoms with van der Waals surface area (Å²) in [4.78, 5) is 21.5. The highest BCUT2D eigenvalue weighted by atomic mass is 32.2. The molecule has 0 saturated carbocycles. The minimum atomic E-state index is -4.54. The van der Waals surface area contributed by atoms with Gasteiger partial charge in [-0.1, -0.05) is 30.0 Å². The number of alkyl halides is 3. The molecule has 0 aliphatic rings. The first kappa shape index (κ1) is 18.3. The predicted molar refractivity (Wildman–Crippen MR) is 86.8 cm³/mol. The number of amides is 1. The predicted octanol–water partition coefficient (Wildman–Crippen LogP) is 4.03. The van der Waals surface area contributed by atoms with Crippen molar-refractivity contribution in [1.82, 2.24) is 9.97 Å². The summed E-state index contributed by atoms with van der Waals surface area (Å²) in [6.07, 6.45) is -3.49. The number of carbonyl (C=O) groups excluding carboxylic acids is 1. The van der Waals surface area contributed by atoms with E-state index < -0.39 is 17.1 Å². The van der Waals surface area contributed by atoms with Crippen LogP contribution in [-0.2, 0) is 11.0 Å². The molecule has 1 atom stereocenters. The van der Waals surface area contributed by atoms with Gasteiger partial charge in [-0.25, -0.2) is 9.97 Å². The molecule has 1 amide bonds.